The Hall–Kier alpha value is -4.47. The summed E-state index contributed by atoms with van der Waals surface area (Å²) in [5.41, 5.74) is 1.91. The lowest BCUT2D eigenvalue weighted by molar-refractivity contribution is -0.138. The number of ether oxygens (including phenoxy) is 2. The number of rotatable bonds is 8. The van der Waals surface area contributed by atoms with Crippen LogP contribution >= 0.6 is 11.3 Å². The van der Waals surface area contributed by atoms with Gasteiger partial charge < -0.3 is 29.3 Å². The van der Waals surface area contributed by atoms with E-state index < -0.39 is 48.4 Å². The predicted molar refractivity (Wildman–Crippen MR) is 165 cm³/mol. The first kappa shape index (κ1) is 32.5. The van der Waals surface area contributed by atoms with E-state index in [1.54, 1.807) is 23.6 Å². The summed E-state index contributed by atoms with van der Waals surface area (Å²) in [6.45, 7) is 2.25. The number of aliphatic carboxylic acids is 1. The maximum absolute atomic E-state index is 14.9. The van der Waals surface area contributed by atoms with Gasteiger partial charge in [0.1, 0.15) is 23.7 Å². The molecule has 2 fully saturated rings. The number of alkyl halides is 4. The highest BCUT2D eigenvalue weighted by atomic mass is 32.1. The first-order chi connectivity index (χ1) is 22.4. The molecule has 3 atom stereocenters. The third kappa shape index (κ3) is 6.55. The molecule has 0 aliphatic carbocycles. The van der Waals surface area contributed by atoms with Crippen LogP contribution in [0.1, 0.15) is 44.0 Å². The molecule has 3 aromatic rings. The maximum atomic E-state index is 14.9. The van der Waals surface area contributed by atoms with Crippen LogP contribution in [0.5, 0.6) is 5.88 Å². The van der Waals surface area contributed by atoms with Crippen LogP contribution in [0.2, 0.25) is 0 Å². The molecule has 0 radical (unpaired) electrons. The number of hydrogen-bond donors (Lipinski definition) is 1. The highest BCUT2D eigenvalue weighted by Crippen LogP contribution is 2.41. The van der Waals surface area contributed by atoms with Crippen LogP contribution in [0.3, 0.4) is 0 Å². The molecule has 1 unspecified atom stereocenters. The summed E-state index contributed by atoms with van der Waals surface area (Å²) in [5, 5.41) is 11.9. The minimum Gasteiger partial charge on any atom is -0.480 e. The van der Waals surface area contributed by atoms with Gasteiger partial charge in [0.25, 0.3) is 12.3 Å². The Kier molecular flexibility index (Phi) is 8.96. The van der Waals surface area contributed by atoms with Crippen molar-refractivity contribution < 1.29 is 41.7 Å². The fraction of sp³-hybridized carbons (Fsp3) is 0.452. The first-order valence-electron chi connectivity index (χ1n) is 15.0. The molecule has 0 spiro atoms. The van der Waals surface area contributed by atoms with Crippen LogP contribution in [-0.2, 0) is 9.53 Å². The Morgan fingerprint density at radius 1 is 1.19 bits per heavy atom. The number of thiophene rings is 1. The number of halogens is 4. The van der Waals surface area contributed by atoms with Crippen molar-refractivity contribution in [1.82, 2.24) is 19.9 Å². The van der Waals surface area contributed by atoms with Crippen molar-refractivity contribution in [2.75, 3.05) is 43.1 Å². The summed E-state index contributed by atoms with van der Waals surface area (Å²) < 4.78 is 68.6. The molecule has 6 heterocycles. The zero-order chi connectivity index (χ0) is 33.5. The molecule has 3 aliphatic rings. The number of anilines is 2. The average Bonchev–Trinajstić information content (AvgIpc) is 3.84. The van der Waals surface area contributed by atoms with E-state index in [9.17, 15) is 32.3 Å². The fourth-order valence-electron chi connectivity index (χ4n) is 6.17. The smallest absolute Gasteiger partial charge is 0.410 e. The molecule has 6 rings (SSSR count). The SMILES string of the molecule is COC(=O)N1CC=C(c2cnc(O[C@H]3C[C@@H](C(=O)O)N(c4cc(-c5cccs5)nc(C(F)F)n4)C3)c(N3CCCC(F)(F)C3C)c2)C1. The largest absolute Gasteiger partial charge is 0.480 e. The lowest BCUT2D eigenvalue weighted by Gasteiger charge is -2.41. The van der Waals surface area contributed by atoms with E-state index in [0.29, 0.717) is 29.2 Å². The van der Waals surface area contributed by atoms with Crippen molar-refractivity contribution in [1.29, 1.82) is 0 Å². The molecule has 250 valence electrons. The molecule has 1 N–H and O–H groups in total. The lowest BCUT2D eigenvalue weighted by Crippen LogP contribution is -2.51. The van der Waals surface area contributed by atoms with Crippen LogP contribution < -0.4 is 14.5 Å². The second-order valence-corrected chi connectivity index (χ2v) is 12.5. The lowest BCUT2D eigenvalue weighted by atomic mass is 9.98. The molecule has 3 aromatic heterocycles. The Morgan fingerprint density at radius 2 is 2.00 bits per heavy atom. The minimum atomic E-state index is -2.99. The van der Waals surface area contributed by atoms with Gasteiger partial charge in [-0.3, -0.25) is 0 Å². The van der Waals surface area contributed by atoms with Crippen molar-refractivity contribution in [3.63, 3.8) is 0 Å². The molecule has 0 aromatic carbocycles. The van der Waals surface area contributed by atoms with Crippen molar-refractivity contribution in [3.8, 4) is 16.5 Å². The van der Waals surface area contributed by atoms with Gasteiger partial charge in [0, 0.05) is 44.7 Å². The summed E-state index contributed by atoms with van der Waals surface area (Å²) in [4.78, 5) is 42.0. The van der Waals surface area contributed by atoms with Crippen molar-refractivity contribution in [3.05, 3.63) is 53.3 Å². The van der Waals surface area contributed by atoms with E-state index >= 15 is 0 Å². The molecule has 0 bridgehead atoms. The number of methoxy groups -OCH3 is 1. The number of carbonyl (C=O) groups excluding carboxylic acids is 1. The molecule has 1 amide bonds. The topological polar surface area (TPSA) is 121 Å². The first-order valence-corrected chi connectivity index (χ1v) is 15.9. The van der Waals surface area contributed by atoms with Gasteiger partial charge in [-0.25, -0.2) is 42.1 Å². The number of hydrogen-bond acceptors (Lipinski definition) is 10. The van der Waals surface area contributed by atoms with Gasteiger partial charge >= 0.3 is 12.1 Å². The zero-order valence-corrected chi connectivity index (χ0v) is 26.3. The predicted octanol–water partition coefficient (Wildman–Crippen LogP) is 5.74. The number of piperidine rings is 1. The van der Waals surface area contributed by atoms with Crippen LogP contribution in [0.4, 0.5) is 33.9 Å². The summed E-state index contributed by atoms with van der Waals surface area (Å²) >= 11 is 1.29. The number of pyridine rings is 1. The molecule has 11 nitrogen and oxygen atoms in total. The summed E-state index contributed by atoms with van der Waals surface area (Å²) in [6, 6.07) is 4.27. The number of carboxylic acids is 1. The Labute approximate surface area is 271 Å². The molecule has 0 saturated carbocycles. The van der Waals surface area contributed by atoms with E-state index in [4.69, 9.17) is 9.47 Å². The summed E-state index contributed by atoms with van der Waals surface area (Å²) in [7, 11) is 1.29. The van der Waals surface area contributed by atoms with Gasteiger partial charge in [0.15, 0.2) is 5.82 Å². The van der Waals surface area contributed by atoms with E-state index in [1.165, 1.54) is 52.3 Å². The number of nitrogens with zero attached hydrogens (tertiary/aromatic N) is 6. The molecular weight excluding hydrogens is 644 g/mol. The van der Waals surface area contributed by atoms with Gasteiger partial charge in [-0.2, -0.15) is 0 Å². The third-order valence-electron chi connectivity index (χ3n) is 8.67. The normalized spacial score (nSPS) is 22.5. The monoisotopic (exact) mass is 676 g/mol. The van der Waals surface area contributed by atoms with Crippen LogP contribution in [0.15, 0.2) is 41.9 Å². The number of carbonyl (C=O) groups is 2. The van der Waals surface area contributed by atoms with E-state index in [-0.39, 0.29) is 49.7 Å². The highest BCUT2D eigenvalue weighted by Gasteiger charge is 2.45. The van der Waals surface area contributed by atoms with Gasteiger partial charge in [0.05, 0.1) is 30.3 Å². The van der Waals surface area contributed by atoms with E-state index in [1.807, 2.05) is 6.08 Å². The summed E-state index contributed by atoms with van der Waals surface area (Å²) in [6.07, 6.45) is -1.03. The summed E-state index contributed by atoms with van der Waals surface area (Å²) in [5.74, 6) is -4.87. The third-order valence-corrected chi connectivity index (χ3v) is 9.56. The van der Waals surface area contributed by atoms with Gasteiger partial charge in [-0.15, -0.1) is 11.3 Å². The number of carboxylic acid groups (broad SMARTS) is 1. The Balaban J connectivity index is 1.32. The molecule has 3 aliphatic heterocycles. The average molecular weight is 677 g/mol. The van der Waals surface area contributed by atoms with Crippen LogP contribution in [0, 0.1) is 0 Å². The highest BCUT2D eigenvalue weighted by molar-refractivity contribution is 7.13. The minimum absolute atomic E-state index is 0.00774. The van der Waals surface area contributed by atoms with Crippen molar-refractivity contribution in [2.24, 2.45) is 0 Å². The van der Waals surface area contributed by atoms with Crippen molar-refractivity contribution >= 4 is 40.5 Å². The van der Waals surface area contributed by atoms with Crippen LogP contribution in [0.25, 0.3) is 16.1 Å². The second kappa shape index (κ2) is 13.0. The maximum Gasteiger partial charge on any atom is 0.410 e. The van der Waals surface area contributed by atoms with Crippen molar-refractivity contribution in [2.45, 2.75) is 56.7 Å². The van der Waals surface area contributed by atoms with E-state index in [0.717, 1.165) is 5.57 Å². The Morgan fingerprint density at radius 3 is 2.70 bits per heavy atom. The Bertz CT molecular complexity index is 1680. The van der Waals surface area contributed by atoms with Gasteiger partial charge in [-0.05, 0) is 42.0 Å². The molecule has 47 heavy (non-hydrogen) atoms. The quantitative estimate of drug-likeness (QED) is 0.296. The molecule has 2 saturated heterocycles. The standard InChI is InChI=1S/C31H32F4N6O5S/c1-17-31(34,35)7-4-8-40(17)22-11-19(18-6-9-39(15-18)30(44)45-2)14-36-28(22)46-20-12-23(29(42)43)41(16-20)25-13-21(24-5-3-10-47-24)37-27(38-25)26(32)33/h3,5-6,10-11,13-14,17,20,23,26H,4,7-9,12,15-16H2,1-2H3,(H,42,43)/t17?,20-,23-/m0/s1. The number of amides is 1. The second-order valence-electron chi connectivity index (χ2n) is 11.6. The molecular formula is C31H32F4N6O5S. The zero-order valence-electron chi connectivity index (χ0n) is 25.5. The van der Waals surface area contributed by atoms with Gasteiger partial charge in [-0.1, -0.05) is 12.1 Å². The molecule has 16 heteroatoms. The van der Waals surface area contributed by atoms with Gasteiger partial charge in [0.2, 0.25) is 5.88 Å². The van der Waals surface area contributed by atoms with E-state index in [2.05, 4.69) is 15.0 Å². The van der Waals surface area contributed by atoms with Crippen LogP contribution in [-0.4, -0.2) is 94.4 Å². The number of aromatic nitrogens is 3. The fourth-order valence-corrected chi connectivity index (χ4v) is 6.85.